The molecule has 0 saturated carbocycles. The summed E-state index contributed by atoms with van der Waals surface area (Å²) in [5, 5.41) is 0. The molecule has 2 rings (SSSR count). The molecule has 0 aliphatic heterocycles. The minimum atomic E-state index is 0.221. The van der Waals surface area contributed by atoms with Crippen LogP contribution >= 0.6 is 43.2 Å². The molecule has 0 bridgehead atoms. The van der Waals surface area contributed by atoms with E-state index < -0.39 is 0 Å². The van der Waals surface area contributed by atoms with E-state index in [-0.39, 0.29) is 4.83 Å². The van der Waals surface area contributed by atoms with Gasteiger partial charge in [0.2, 0.25) is 0 Å². The summed E-state index contributed by atoms with van der Waals surface area (Å²) in [4.78, 5) is 1.50. The van der Waals surface area contributed by atoms with Gasteiger partial charge in [-0.3, -0.25) is 0 Å². The van der Waals surface area contributed by atoms with E-state index in [1.807, 2.05) is 18.2 Å². The summed E-state index contributed by atoms with van der Waals surface area (Å²) < 4.78 is 6.37. The SMILES string of the molecule is COc1cccc(C(Br)c2ccc(Br)s2)c1. The lowest BCUT2D eigenvalue weighted by atomic mass is 10.1. The molecule has 1 aromatic carbocycles. The molecule has 1 nitrogen and oxygen atoms in total. The molecule has 1 aromatic heterocycles. The van der Waals surface area contributed by atoms with Crippen LogP contribution < -0.4 is 4.74 Å². The summed E-state index contributed by atoms with van der Waals surface area (Å²) in [5.74, 6) is 0.887. The van der Waals surface area contributed by atoms with Crippen molar-refractivity contribution in [1.82, 2.24) is 0 Å². The number of benzene rings is 1. The maximum atomic E-state index is 5.22. The standard InChI is InChI=1S/C12H10Br2OS/c1-15-9-4-2-3-8(7-9)12(14)10-5-6-11(13)16-10/h2-7,12H,1H3. The summed E-state index contributed by atoms with van der Waals surface area (Å²) in [6.45, 7) is 0. The Morgan fingerprint density at radius 2 is 2.06 bits per heavy atom. The fraction of sp³-hybridized carbons (Fsp3) is 0.167. The van der Waals surface area contributed by atoms with Crippen molar-refractivity contribution in [2.45, 2.75) is 4.83 Å². The number of methoxy groups -OCH3 is 1. The van der Waals surface area contributed by atoms with Crippen molar-refractivity contribution in [2.75, 3.05) is 7.11 Å². The van der Waals surface area contributed by atoms with Gasteiger partial charge < -0.3 is 4.74 Å². The van der Waals surface area contributed by atoms with Crippen LogP contribution in [0.4, 0.5) is 0 Å². The Bertz CT molecular complexity index is 481. The average molecular weight is 362 g/mol. The Morgan fingerprint density at radius 3 is 2.69 bits per heavy atom. The molecule has 0 amide bonds. The predicted molar refractivity (Wildman–Crippen MR) is 75.8 cm³/mol. The first-order valence-electron chi connectivity index (χ1n) is 4.74. The molecule has 1 heterocycles. The molecule has 0 aliphatic carbocycles. The van der Waals surface area contributed by atoms with Gasteiger partial charge in [-0.2, -0.15) is 0 Å². The molecule has 0 saturated heterocycles. The first-order chi connectivity index (χ1) is 7.70. The van der Waals surface area contributed by atoms with Gasteiger partial charge in [-0.1, -0.05) is 28.1 Å². The fourth-order valence-electron chi connectivity index (χ4n) is 1.43. The highest BCUT2D eigenvalue weighted by atomic mass is 79.9. The molecule has 0 fully saturated rings. The zero-order valence-corrected chi connectivity index (χ0v) is 12.6. The van der Waals surface area contributed by atoms with Crippen molar-refractivity contribution in [3.05, 3.63) is 50.6 Å². The van der Waals surface area contributed by atoms with E-state index >= 15 is 0 Å². The molecule has 0 aliphatic rings. The smallest absolute Gasteiger partial charge is 0.119 e. The molecule has 4 heteroatoms. The first kappa shape index (κ1) is 12.1. The lowest BCUT2D eigenvalue weighted by molar-refractivity contribution is 0.414. The quantitative estimate of drug-likeness (QED) is 0.698. The Labute approximate surface area is 116 Å². The van der Waals surface area contributed by atoms with E-state index in [2.05, 4.69) is 50.1 Å². The van der Waals surface area contributed by atoms with Gasteiger partial charge in [0.05, 0.1) is 15.7 Å². The number of rotatable bonds is 3. The highest BCUT2D eigenvalue weighted by Crippen LogP contribution is 2.37. The summed E-state index contributed by atoms with van der Waals surface area (Å²) in [5.41, 5.74) is 1.20. The largest absolute Gasteiger partial charge is 0.497 e. The number of halogens is 2. The normalized spacial score (nSPS) is 12.4. The van der Waals surface area contributed by atoms with Gasteiger partial charge in [-0.05, 0) is 45.8 Å². The lowest BCUT2D eigenvalue weighted by Crippen LogP contribution is -1.90. The number of hydrogen-bond donors (Lipinski definition) is 0. The number of alkyl halides is 1. The first-order valence-corrected chi connectivity index (χ1v) is 7.26. The van der Waals surface area contributed by atoms with Crippen molar-refractivity contribution in [3.8, 4) is 5.75 Å². The van der Waals surface area contributed by atoms with Gasteiger partial charge in [0, 0.05) is 4.88 Å². The van der Waals surface area contributed by atoms with Gasteiger partial charge >= 0.3 is 0 Å². The third-order valence-electron chi connectivity index (χ3n) is 2.23. The Balaban J connectivity index is 2.29. The van der Waals surface area contributed by atoms with Crippen LogP contribution in [0, 0.1) is 0 Å². The Kier molecular flexibility index (Phi) is 4.05. The summed E-state index contributed by atoms with van der Waals surface area (Å²) in [6.07, 6.45) is 0. The van der Waals surface area contributed by atoms with Crippen LogP contribution in [-0.4, -0.2) is 7.11 Å². The van der Waals surface area contributed by atoms with Crippen LogP contribution in [-0.2, 0) is 0 Å². The van der Waals surface area contributed by atoms with Gasteiger partial charge in [-0.15, -0.1) is 11.3 Å². The van der Waals surface area contributed by atoms with Crippen molar-refractivity contribution in [3.63, 3.8) is 0 Å². The van der Waals surface area contributed by atoms with Crippen LogP contribution in [0.25, 0.3) is 0 Å². The second-order valence-electron chi connectivity index (χ2n) is 3.28. The highest BCUT2D eigenvalue weighted by molar-refractivity contribution is 9.11. The highest BCUT2D eigenvalue weighted by Gasteiger charge is 2.12. The van der Waals surface area contributed by atoms with Crippen molar-refractivity contribution in [1.29, 1.82) is 0 Å². The van der Waals surface area contributed by atoms with E-state index in [4.69, 9.17) is 4.74 Å². The van der Waals surface area contributed by atoms with Crippen molar-refractivity contribution in [2.24, 2.45) is 0 Å². The molecule has 0 N–H and O–H groups in total. The van der Waals surface area contributed by atoms with Crippen molar-refractivity contribution >= 4 is 43.2 Å². The van der Waals surface area contributed by atoms with Crippen LogP contribution in [0.5, 0.6) is 5.75 Å². The van der Waals surface area contributed by atoms with E-state index in [1.54, 1.807) is 18.4 Å². The van der Waals surface area contributed by atoms with Crippen LogP contribution in [0.3, 0.4) is 0 Å². The Hall–Kier alpha value is -0.320. The zero-order chi connectivity index (χ0) is 11.5. The molecular formula is C12H10Br2OS. The summed E-state index contributed by atoms with van der Waals surface area (Å²) in [6, 6.07) is 12.3. The monoisotopic (exact) mass is 360 g/mol. The Morgan fingerprint density at radius 1 is 1.25 bits per heavy atom. The molecule has 1 atom stereocenters. The maximum Gasteiger partial charge on any atom is 0.119 e. The van der Waals surface area contributed by atoms with Gasteiger partial charge in [0.1, 0.15) is 5.75 Å². The number of thiophene rings is 1. The van der Waals surface area contributed by atoms with Crippen LogP contribution in [0.15, 0.2) is 40.2 Å². The second-order valence-corrected chi connectivity index (χ2v) is 6.69. The topological polar surface area (TPSA) is 9.23 Å². The van der Waals surface area contributed by atoms with E-state index in [0.29, 0.717) is 0 Å². The van der Waals surface area contributed by atoms with E-state index in [1.165, 1.54) is 10.4 Å². The second kappa shape index (κ2) is 5.34. The van der Waals surface area contributed by atoms with Crippen LogP contribution in [0.2, 0.25) is 0 Å². The zero-order valence-electron chi connectivity index (χ0n) is 8.61. The number of hydrogen-bond acceptors (Lipinski definition) is 2. The van der Waals surface area contributed by atoms with Crippen LogP contribution in [0.1, 0.15) is 15.3 Å². The molecule has 84 valence electrons. The van der Waals surface area contributed by atoms with E-state index in [0.717, 1.165) is 9.54 Å². The molecule has 1 unspecified atom stereocenters. The minimum absolute atomic E-state index is 0.221. The minimum Gasteiger partial charge on any atom is -0.497 e. The third kappa shape index (κ3) is 2.67. The number of ether oxygens (including phenoxy) is 1. The van der Waals surface area contributed by atoms with Gasteiger partial charge in [-0.25, -0.2) is 0 Å². The van der Waals surface area contributed by atoms with Crippen molar-refractivity contribution < 1.29 is 4.74 Å². The average Bonchev–Trinajstić information content (AvgIpc) is 2.75. The molecule has 16 heavy (non-hydrogen) atoms. The maximum absolute atomic E-state index is 5.22. The molecular weight excluding hydrogens is 352 g/mol. The third-order valence-corrected chi connectivity index (χ3v) is 5.24. The predicted octanol–water partition coefficient (Wildman–Crippen LogP) is 5.00. The fourth-order valence-corrected chi connectivity index (χ4v) is 3.58. The molecule has 0 radical (unpaired) electrons. The summed E-state index contributed by atoms with van der Waals surface area (Å²) in [7, 11) is 1.68. The van der Waals surface area contributed by atoms with Gasteiger partial charge in [0.25, 0.3) is 0 Å². The van der Waals surface area contributed by atoms with E-state index in [9.17, 15) is 0 Å². The van der Waals surface area contributed by atoms with Gasteiger partial charge in [0.15, 0.2) is 0 Å². The molecule has 0 spiro atoms. The lowest BCUT2D eigenvalue weighted by Gasteiger charge is -2.09. The molecule has 2 aromatic rings. The summed E-state index contributed by atoms with van der Waals surface area (Å²) >= 11 is 8.91.